The molecule has 176 valence electrons. The second-order valence-electron chi connectivity index (χ2n) is 7.95. The van der Waals surface area contributed by atoms with Gasteiger partial charge >= 0.3 is 6.03 Å². The lowest BCUT2D eigenvalue weighted by Gasteiger charge is -2.23. The molecule has 3 N–H and O–H groups in total. The minimum absolute atomic E-state index is 0.0505. The van der Waals surface area contributed by atoms with Crippen LogP contribution < -0.4 is 16.0 Å². The van der Waals surface area contributed by atoms with E-state index in [1.54, 1.807) is 36.5 Å². The molecule has 2 aromatic carbocycles. The van der Waals surface area contributed by atoms with Gasteiger partial charge in [0.2, 0.25) is 15.9 Å². The van der Waals surface area contributed by atoms with E-state index in [0.29, 0.717) is 30.0 Å². The molecule has 1 unspecified atom stereocenters. The summed E-state index contributed by atoms with van der Waals surface area (Å²) in [6.45, 7) is 2.21. The third-order valence-electron chi connectivity index (χ3n) is 5.45. The van der Waals surface area contributed by atoms with Crippen LogP contribution in [0.5, 0.6) is 0 Å². The summed E-state index contributed by atoms with van der Waals surface area (Å²) in [7, 11) is -3.90. The number of carbonyl (C=O) groups is 2. The first-order chi connectivity index (χ1) is 16.3. The first-order valence-corrected chi connectivity index (χ1v) is 12.3. The number of rotatable bonds is 6. The number of hydrogen-bond acceptors (Lipinski definition) is 5. The number of nitrogens with one attached hydrogen (secondary N) is 3. The average Bonchev–Trinajstić information content (AvgIpc) is 3.33. The van der Waals surface area contributed by atoms with Gasteiger partial charge in [0.15, 0.2) is 0 Å². The molecule has 10 heteroatoms. The van der Waals surface area contributed by atoms with Gasteiger partial charge in [0, 0.05) is 24.1 Å². The van der Waals surface area contributed by atoms with Crippen molar-refractivity contribution >= 4 is 39.2 Å². The minimum Gasteiger partial charge on any atom is -0.309 e. The number of anilines is 3. The molecule has 0 saturated carbocycles. The third kappa shape index (κ3) is 5.41. The summed E-state index contributed by atoms with van der Waals surface area (Å²) in [6.07, 6.45) is 2.56. The molecule has 9 nitrogen and oxygen atoms in total. The fourth-order valence-electron chi connectivity index (χ4n) is 3.71. The Labute approximate surface area is 198 Å². The number of nitrogens with zero attached hydrogens (tertiary/aromatic N) is 2. The molecule has 34 heavy (non-hydrogen) atoms. The molecule has 0 bridgehead atoms. The minimum atomic E-state index is -3.90. The van der Waals surface area contributed by atoms with E-state index in [9.17, 15) is 18.0 Å². The molecule has 0 spiro atoms. The number of amides is 3. The molecule has 3 aromatic rings. The maximum absolute atomic E-state index is 13.2. The fourth-order valence-corrected chi connectivity index (χ4v) is 5.37. The van der Waals surface area contributed by atoms with E-state index in [1.807, 2.05) is 19.1 Å². The summed E-state index contributed by atoms with van der Waals surface area (Å²) in [5.41, 5.74) is 2.16. The zero-order chi connectivity index (χ0) is 24.1. The zero-order valence-corrected chi connectivity index (χ0v) is 19.4. The van der Waals surface area contributed by atoms with E-state index in [0.717, 1.165) is 5.56 Å². The van der Waals surface area contributed by atoms with Gasteiger partial charge in [0.25, 0.3) is 0 Å². The molecule has 1 fully saturated rings. The molecule has 1 aromatic heterocycles. The second kappa shape index (κ2) is 10.0. The van der Waals surface area contributed by atoms with Crippen LogP contribution in [-0.4, -0.2) is 42.2 Å². The van der Waals surface area contributed by atoms with Gasteiger partial charge in [-0.05, 0) is 68.3 Å². The Morgan fingerprint density at radius 1 is 0.912 bits per heavy atom. The Hall–Kier alpha value is -3.76. The number of benzene rings is 2. The van der Waals surface area contributed by atoms with Gasteiger partial charge in [-0.3, -0.25) is 4.79 Å². The monoisotopic (exact) mass is 479 g/mol. The van der Waals surface area contributed by atoms with Gasteiger partial charge in [-0.15, -0.1) is 0 Å². The molecule has 1 aliphatic heterocycles. The van der Waals surface area contributed by atoms with Crippen LogP contribution in [0.2, 0.25) is 0 Å². The number of pyridine rings is 1. The van der Waals surface area contributed by atoms with Crippen molar-refractivity contribution in [1.82, 2.24) is 9.29 Å². The molecular weight excluding hydrogens is 454 g/mol. The Morgan fingerprint density at radius 2 is 1.56 bits per heavy atom. The quantitative estimate of drug-likeness (QED) is 0.496. The summed E-state index contributed by atoms with van der Waals surface area (Å²) < 4.78 is 27.7. The lowest BCUT2D eigenvalue weighted by Crippen LogP contribution is -2.43. The molecule has 4 rings (SSSR count). The van der Waals surface area contributed by atoms with Crippen molar-refractivity contribution in [3.05, 3.63) is 78.5 Å². The van der Waals surface area contributed by atoms with Crippen LogP contribution in [0.25, 0.3) is 0 Å². The number of urea groups is 1. The number of carbonyl (C=O) groups excluding carboxylic acids is 2. The predicted molar refractivity (Wildman–Crippen MR) is 130 cm³/mol. The highest BCUT2D eigenvalue weighted by Gasteiger charge is 2.39. The highest BCUT2D eigenvalue weighted by molar-refractivity contribution is 7.89. The van der Waals surface area contributed by atoms with Crippen molar-refractivity contribution in [2.24, 2.45) is 0 Å². The fraction of sp³-hybridized carbons (Fsp3) is 0.208. The van der Waals surface area contributed by atoms with Gasteiger partial charge in [-0.1, -0.05) is 23.8 Å². The van der Waals surface area contributed by atoms with E-state index in [1.165, 1.54) is 28.6 Å². The summed E-state index contributed by atoms with van der Waals surface area (Å²) in [4.78, 5) is 29.1. The van der Waals surface area contributed by atoms with Crippen molar-refractivity contribution in [2.75, 3.05) is 22.5 Å². The number of aryl methyl sites for hydroxylation is 1. The smallest absolute Gasteiger partial charge is 0.309 e. The summed E-state index contributed by atoms with van der Waals surface area (Å²) >= 11 is 0. The van der Waals surface area contributed by atoms with E-state index in [2.05, 4.69) is 20.9 Å². The van der Waals surface area contributed by atoms with Gasteiger partial charge in [-0.2, -0.15) is 4.31 Å². The van der Waals surface area contributed by atoms with Crippen LogP contribution >= 0.6 is 0 Å². The van der Waals surface area contributed by atoms with Crippen molar-refractivity contribution in [1.29, 1.82) is 0 Å². The predicted octanol–water partition coefficient (Wildman–Crippen LogP) is 3.83. The first-order valence-electron chi connectivity index (χ1n) is 10.8. The zero-order valence-electron chi connectivity index (χ0n) is 18.6. The molecular formula is C24H25N5O4S. The van der Waals surface area contributed by atoms with Crippen LogP contribution in [0.15, 0.2) is 77.8 Å². The van der Waals surface area contributed by atoms with Gasteiger partial charge in [0.1, 0.15) is 11.9 Å². The SMILES string of the molecule is Cc1ccc(NC(=O)Nc2ccc(S(=O)(=O)N3CCCC3C(=O)Nc3ccccn3)cc2)cc1. The summed E-state index contributed by atoms with van der Waals surface area (Å²) in [5.74, 6) is -0.0399. The van der Waals surface area contributed by atoms with Gasteiger partial charge in [0.05, 0.1) is 4.90 Å². The second-order valence-corrected chi connectivity index (χ2v) is 9.84. The Bertz CT molecular complexity index is 1260. The van der Waals surface area contributed by atoms with Crippen molar-refractivity contribution in [3.63, 3.8) is 0 Å². The number of sulfonamides is 1. The highest BCUT2D eigenvalue weighted by Crippen LogP contribution is 2.27. The van der Waals surface area contributed by atoms with Gasteiger partial charge in [-0.25, -0.2) is 18.2 Å². The van der Waals surface area contributed by atoms with Crippen LogP contribution in [-0.2, 0) is 14.8 Å². The maximum Gasteiger partial charge on any atom is 0.323 e. The number of hydrogen-bond donors (Lipinski definition) is 3. The lowest BCUT2D eigenvalue weighted by molar-refractivity contribution is -0.119. The molecule has 1 saturated heterocycles. The normalized spacial score (nSPS) is 16.1. The molecule has 1 atom stereocenters. The summed E-state index contributed by atoms with van der Waals surface area (Å²) in [5, 5.41) is 8.08. The molecule has 0 aliphatic carbocycles. The van der Waals surface area contributed by atoms with E-state index < -0.39 is 28.0 Å². The molecule has 2 heterocycles. The lowest BCUT2D eigenvalue weighted by atomic mass is 10.2. The Kier molecular flexibility index (Phi) is 6.90. The van der Waals surface area contributed by atoms with Crippen LogP contribution in [0, 0.1) is 6.92 Å². The maximum atomic E-state index is 13.2. The standard InChI is InChI=1S/C24H25N5O4S/c1-17-7-9-18(10-8-17)26-24(31)27-19-11-13-20(14-12-19)34(32,33)29-16-4-5-21(29)23(30)28-22-6-2-3-15-25-22/h2-3,6-15,21H,4-5,16H2,1H3,(H,25,28,30)(H2,26,27,31). The molecule has 1 aliphatic rings. The molecule has 3 amide bonds. The van der Waals surface area contributed by atoms with Crippen molar-refractivity contribution in [2.45, 2.75) is 30.7 Å². The van der Waals surface area contributed by atoms with Crippen LogP contribution in [0.1, 0.15) is 18.4 Å². The van der Waals surface area contributed by atoms with Crippen LogP contribution in [0.3, 0.4) is 0 Å². The van der Waals surface area contributed by atoms with Crippen LogP contribution in [0.4, 0.5) is 22.0 Å². The number of aromatic nitrogens is 1. The van der Waals surface area contributed by atoms with Gasteiger partial charge < -0.3 is 16.0 Å². The largest absolute Gasteiger partial charge is 0.323 e. The van der Waals surface area contributed by atoms with E-state index in [4.69, 9.17) is 0 Å². The van der Waals surface area contributed by atoms with Crippen molar-refractivity contribution in [3.8, 4) is 0 Å². The topological polar surface area (TPSA) is 121 Å². The average molecular weight is 480 g/mol. The Balaban J connectivity index is 1.42. The van der Waals surface area contributed by atoms with Crippen molar-refractivity contribution < 1.29 is 18.0 Å². The summed E-state index contributed by atoms with van der Waals surface area (Å²) in [6, 6.07) is 17.1. The highest BCUT2D eigenvalue weighted by atomic mass is 32.2. The third-order valence-corrected chi connectivity index (χ3v) is 7.37. The van der Waals surface area contributed by atoms with E-state index >= 15 is 0 Å². The molecule has 0 radical (unpaired) electrons. The Morgan fingerprint density at radius 3 is 2.18 bits per heavy atom. The first kappa shape index (κ1) is 23.4. The van der Waals surface area contributed by atoms with E-state index in [-0.39, 0.29) is 11.4 Å².